The molecule has 290 valence electrons. The quantitative estimate of drug-likeness (QED) is 0.0369. The average molecular weight is 695 g/mol. The van der Waals surface area contributed by atoms with Gasteiger partial charge in [-0.15, -0.1) is 0 Å². The second kappa shape index (κ2) is 34.8. The molecule has 49 heavy (non-hydrogen) atoms. The molecule has 1 unspecified atom stereocenters. The Morgan fingerprint density at radius 2 is 0.714 bits per heavy atom. The van der Waals surface area contributed by atoms with Gasteiger partial charge in [0.05, 0.1) is 0 Å². The van der Waals surface area contributed by atoms with Crippen LogP contribution in [0, 0.1) is 17.8 Å². The molecule has 6 nitrogen and oxygen atoms in total. The largest absolute Gasteiger partial charge is 0.462 e. The van der Waals surface area contributed by atoms with Gasteiger partial charge in [0.2, 0.25) is 0 Å². The summed E-state index contributed by atoms with van der Waals surface area (Å²) in [6.07, 6.45) is 29.6. The third-order valence-electron chi connectivity index (χ3n) is 9.76. The summed E-state index contributed by atoms with van der Waals surface area (Å²) in [6, 6.07) is 0. The van der Waals surface area contributed by atoms with Gasteiger partial charge in [-0.1, -0.05) is 183 Å². The van der Waals surface area contributed by atoms with Crippen LogP contribution in [0.3, 0.4) is 0 Å². The van der Waals surface area contributed by atoms with Crippen molar-refractivity contribution in [2.24, 2.45) is 17.8 Å². The summed E-state index contributed by atoms with van der Waals surface area (Å²) in [5, 5.41) is 0. The van der Waals surface area contributed by atoms with Gasteiger partial charge in [0.15, 0.2) is 6.10 Å². The summed E-state index contributed by atoms with van der Waals surface area (Å²) >= 11 is 0. The Labute approximate surface area is 304 Å². The van der Waals surface area contributed by atoms with Gasteiger partial charge in [-0.05, 0) is 37.0 Å². The minimum absolute atomic E-state index is 0.0683. The number of ether oxygens (including phenoxy) is 3. The minimum Gasteiger partial charge on any atom is -0.462 e. The number of esters is 3. The second-order valence-corrected chi connectivity index (χ2v) is 15.8. The van der Waals surface area contributed by atoms with E-state index in [1.54, 1.807) is 0 Å². The highest BCUT2D eigenvalue weighted by Gasteiger charge is 2.19. The van der Waals surface area contributed by atoms with E-state index in [1.165, 1.54) is 103 Å². The fourth-order valence-corrected chi connectivity index (χ4v) is 6.14. The Balaban J connectivity index is 4.36. The fraction of sp³-hybridized carbons (Fsp3) is 0.930. The predicted octanol–water partition coefficient (Wildman–Crippen LogP) is 12.9. The smallest absolute Gasteiger partial charge is 0.306 e. The van der Waals surface area contributed by atoms with Gasteiger partial charge in [-0.2, -0.15) is 0 Å². The van der Waals surface area contributed by atoms with Crippen LogP contribution in [-0.4, -0.2) is 37.2 Å². The zero-order chi connectivity index (χ0) is 36.4. The summed E-state index contributed by atoms with van der Waals surface area (Å²) in [4.78, 5) is 37.5. The molecule has 2 atom stereocenters. The molecular weight excluding hydrogens is 612 g/mol. The van der Waals surface area contributed by atoms with E-state index in [0.717, 1.165) is 75.5 Å². The number of carbonyl (C=O) groups excluding carboxylic acids is 3. The summed E-state index contributed by atoms with van der Waals surface area (Å²) < 4.78 is 16.6. The van der Waals surface area contributed by atoms with Crippen molar-refractivity contribution in [1.29, 1.82) is 0 Å². The molecular formula is C43H82O6. The number of carbonyl (C=O) groups is 3. The first-order valence-electron chi connectivity index (χ1n) is 21.1. The maximum atomic E-state index is 12.6. The van der Waals surface area contributed by atoms with Crippen molar-refractivity contribution in [2.45, 2.75) is 227 Å². The van der Waals surface area contributed by atoms with Crippen molar-refractivity contribution in [3.05, 3.63) is 0 Å². The fourth-order valence-electron chi connectivity index (χ4n) is 6.14. The van der Waals surface area contributed by atoms with Gasteiger partial charge in [-0.25, -0.2) is 0 Å². The molecule has 0 heterocycles. The van der Waals surface area contributed by atoms with Crippen molar-refractivity contribution in [1.82, 2.24) is 0 Å². The Morgan fingerprint density at radius 3 is 1.06 bits per heavy atom. The third-order valence-corrected chi connectivity index (χ3v) is 9.76. The Hall–Kier alpha value is -1.59. The molecule has 0 aliphatic rings. The molecule has 0 rings (SSSR count). The van der Waals surface area contributed by atoms with Crippen LogP contribution < -0.4 is 0 Å². The zero-order valence-corrected chi connectivity index (χ0v) is 33.5. The molecule has 0 aliphatic carbocycles. The second-order valence-electron chi connectivity index (χ2n) is 15.8. The predicted molar refractivity (Wildman–Crippen MR) is 206 cm³/mol. The Kier molecular flexibility index (Phi) is 33.7. The highest BCUT2D eigenvalue weighted by Crippen LogP contribution is 2.16. The summed E-state index contributed by atoms with van der Waals surface area (Å²) in [6.45, 7) is 13.5. The lowest BCUT2D eigenvalue weighted by Crippen LogP contribution is -2.30. The van der Waals surface area contributed by atoms with Gasteiger partial charge in [0.1, 0.15) is 13.2 Å². The molecule has 0 radical (unpaired) electrons. The topological polar surface area (TPSA) is 78.9 Å². The summed E-state index contributed by atoms with van der Waals surface area (Å²) in [5.41, 5.74) is 0. The van der Waals surface area contributed by atoms with Crippen molar-refractivity contribution in [2.75, 3.05) is 13.2 Å². The van der Waals surface area contributed by atoms with Crippen molar-refractivity contribution in [3.8, 4) is 0 Å². The van der Waals surface area contributed by atoms with Crippen LogP contribution in [0.5, 0.6) is 0 Å². The Bertz CT molecular complexity index is 763. The third kappa shape index (κ3) is 36.0. The van der Waals surface area contributed by atoms with E-state index in [1.807, 2.05) is 0 Å². The van der Waals surface area contributed by atoms with Crippen molar-refractivity contribution >= 4 is 17.9 Å². The van der Waals surface area contributed by atoms with Gasteiger partial charge in [-0.3, -0.25) is 14.4 Å². The molecule has 0 amide bonds. The highest BCUT2D eigenvalue weighted by molar-refractivity contribution is 5.71. The first-order chi connectivity index (χ1) is 23.6. The van der Waals surface area contributed by atoms with Crippen molar-refractivity contribution in [3.63, 3.8) is 0 Å². The Morgan fingerprint density at radius 1 is 0.408 bits per heavy atom. The molecule has 0 saturated carbocycles. The maximum absolute atomic E-state index is 12.6. The minimum atomic E-state index is -0.762. The van der Waals surface area contributed by atoms with Crippen LogP contribution >= 0.6 is 0 Å². The first-order valence-corrected chi connectivity index (χ1v) is 21.1. The van der Waals surface area contributed by atoms with Crippen LogP contribution in [0.4, 0.5) is 0 Å². The van der Waals surface area contributed by atoms with E-state index < -0.39 is 6.10 Å². The van der Waals surface area contributed by atoms with E-state index in [-0.39, 0.29) is 31.1 Å². The molecule has 0 spiro atoms. The number of hydrogen-bond donors (Lipinski definition) is 0. The lowest BCUT2D eigenvalue weighted by atomic mass is 10.00. The average Bonchev–Trinajstić information content (AvgIpc) is 3.06. The van der Waals surface area contributed by atoms with Crippen molar-refractivity contribution < 1.29 is 28.6 Å². The number of rotatable bonds is 36. The summed E-state index contributed by atoms with van der Waals surface area (Å²) in [7, 11) is 0. The highest BCUT2D eigenvalue weighted by atomic mass is 16.6. The van der Waals surface area contributed by atoms with E-state index >= 15 is 0 Å². The molecule has 6 heteroatoms. The SMILES string of the molecule is CCC(C)CCCCCCCCC(=O)OC[C@H](COC(=O)CCCCCCCCCCCC(C)C)OC(=O)CCCCCCCCC(C)C. The molecule has 0 N–H and O–H groups in total. The van der Waals surface area contributed by atoms with E-state index in [2.05, 4.69) is 41.5 Å². The maximum Gasteiger partial charge on any atom is 0.306 e. The van der Waals surface area contributed by atoms with E-state index in [0.29, 0.717) is 19.3 Å². The van der Waals surface area contributed by atoms with Crippen LogP contribution in [0.25, 0.3) is 0 Å². The monoisotopic (exact) mass is 695 g/mol. The van der Waals surface area contributed by atoms with E-state index in [9.17, 15) is 14.4 Å². The molecule has 0 aromatic rings. The van der Waals surface area contributed by atoms with E-state index in [4.69, 9.17) is 14.2 Å². The number of hydrogen-bond acceptors (Lipinski definition) is 6. The van der Waals surface area contributed by atoms with Crippen LogP contribution in [0.1, 0.15) is 221 Å². The molecule has 0 fully saturated rings. The van der Waals surface area contributed by atoms with Gasteiger partial charge >= 0.3 is 17.9 Å². The summed E-state index contributed by atoms with van der Waals surface area (Å²) in [5.74, 6) is 1.51. The lowest BCUT2D eigenvalue weighted by molar-refractivity contribution is -0.167. The molecule has 0 aromatic heterocycles. The van der Waals surface area contributed by atoms with Gasteiger partial charge in [0.25, 0.3) is 0 Å². The van der Waals surface area contributed by atoms with Crippen LogP contribution in [0.15, 0.2) is 0 Å². The number of unbranched alkanes of at least 4 members (excludes halogenated alkanes) is 18. The molecule has 0 bridgehead atoms. The zero-order valence-electron chi connectivity index (χ0n) is 33.5. The molecule has 0 aliphatic heterocycles. The normalized spacial score (nSPS) is 12.7. The standard InChI is InChI=1S/C43H82O6/c1-7-39(6)31-25-19-14-16-21-27-33-42(45)48-36-40(49-43(46)34-28-22-15-13-18-24-30-38(4)5)35-47-41(44)32-26-20-12-10-8-9-11-17-23-29-37(2)3/h37-40H,7-36H2,1-6H3/t39?,40-/m0/s1. The lowest BCUT2D eigenvalue weighted by Gasteiger charge is -2.18. The molecule has 0 aromatic carbocycles. The first kappa shape index (κ1) is 47.4. The van der Waals surface area contributed by atoms with Crippen LogP contribution in [-0.2, 0) is 28.6 Å². The molecule has 0 saturated heterocycles. The van der Waals surface area contributed by atoms with Crippen LogP contribution in [0.2, 0.25) is 0 Å². The van der Waals surface area contributed by atoms with Gasteiger partial charge < -0.3 is 14.2 Å². The van der Waals surface area contributed by atoms with Gasteiger partial charge in [0, 0.05) is 19.3 Å².